The standard InChI is InChI=1S/C20H26N2O2/c1-14(17-10-9-16-6-2-3-7-18(16)12-17)22-20(24)21-13-15-5-4-8-19(23)11-15/h2-3,6-7,9-10,12,14-15,19,23H,4-5,8,11,13H2,1H3,(H2,21,22,24). The molecule has 3 unspecified atom stereocenters. The Morgan fingerprint density at radius 3 is 2.79 bits per heavy atom. The van der Waals surface area contributed by atoms with Crippen LogP contribution in [0.2, 0.25) is 0 Å². The minimum absolute atomic E-state index is 0.0495. The summed E-state index contributed by atoms with van der Waals surface area (Å²) in [6, 6.07) is 14.3. The predicted octanol–water partition coefficient (Wildman–Crippen LogP) is 3.75. The monoisotopic (exact) mass is 326 g/mol. The van der Waals surface area contributed by atoms with Gasteiger partial charge in [0.25, 0.3) is 0 Å². The molecule has 0 aromatic heterocycles. The number of carbonyl (C=O) groups is 1. The highest BCUT2D eigenvalue weighted by atomic mass is 16.3. The number of aliphatic hydroxyl groups is 1. The lowest BCUT2D eigenvalue weighted by molar-refractivity contribution is 0.101. The lowest BCUT2D eigenvalue weighted by Crippen LogP contribution is -2.40. The molecule has 3 N–H and O–H groups in total. The van der Waals surface area contributed by atoms with Gasteiger partial charge in [-0.15, -0.1) is 0 Å². The van der Waals surface area contributed by atoms with Crippen LogP contribution < -0.4 is 10.6 Å². The van der Waals surface area contributed by atoms with E-state index in [1.807, 2.05) is 19.1 Å². The fourth-order valence-electron chi connectivity index (χ4n) is 3.49. The third-order valence-corrected chi connectivity index (χ3v) is 4.93. The van der Waals surface area contributed by atoms with E-state index >= 15 is 0 Å². The van der Waals surface area contributed by atoms with Gasteiger partial charge in [0.05, 0.1) is 12.1 Å². The first kappa shape index (κ1) is 16.8. The quantitative estimate of drug-likeness (QED) is 0.801. The normalized spacial score (nSPS) is 22.1. The molecule has 2 aromatic carbocycles. The largest absolute Gasteiger partial charge is 0.393 e. The van der Waals surface area contributed by atoms with Crippen LogP contribution in [0, 0.1) is 5.92 Å². The molecule has 1 aliphatic rings. The van der Waals surface area contributed by atoms with Crippen molar-refractivity contribution in [1.82, 2.24) is 10.6 Å². The first-order valence-corrected chi connectivity index (χ1v) is 8.83. The summed E-state index contributed by atoms with van der Waals surface area (Å²) in [5.41, 5.74) is 1.09. The lowest BCUT2D eigenvalue weighted by atomic mass is 9.87. The van der Waals surface area contributed by atoms with Crippen molar-refractivity contribution >= 4 is 16.8 Å². The zero-order valence-corrected chi connectivity index (χ0v) is 14.2. The predicted molar refractivity (Wildman–Crippen MR) is 96.9 cm³/mol. The Morgan fingerprint density at radius 1 is 1.21 bits per heavy atom. The summed E-state index contributed by atoms with van der Waals surface area (Å²) in [5.74, 6) is 0.385. The molecule has 24 heavy (non-hydrogen) atoms. The summed E-state index contributed by atoms with van der Waals surface area (Å²) < 4.78 is 0. The van der Waals surface area contributed by atoms with E-state index < -0.39 is 0 Å². The summed E-state index contributed by atoms with van der Waals surface area (Å²) in [7, 11) is 0. The lowest BCUT2D eigenvalue weighted by Gasteiger charge is -2.26. The number of carbonyl (C=O) groups excluding carboxylic acids is 1. The third kappa shape index (κ3) is 4.26. The molecule has 1 fully saturated rings. The Morgan fingerprint density at radius 2 is 2.00 bits per heavy atom. The van der Waals surface area contributed by atoms with Crippen LogP contribution in [0.15, 0.2) is 42.5 Å². The molecular formula is C20H26N2O2. The van der Waals surface area contributed by atoms with E-state index in [4.69, 9.17) is 0 Å². The van der Waals surface area contributed by atoms with Gasteiger partial charge < -0.3 is 15.7 Å². The molecule has 1 saturated carbocycles. The summed E-state index contributed by atoms with van der Waals surface area (Å²) in [6.45, 7) is 2.63. The van der Waals surface area contributed by atoms with E-state index in [1.165, 1.54) is 10.8 Å². The summed E-state index contributed by atoms with van der Waals surface area (Å²) in [6.07, 6.45) is 3.60. The average molecular weight is 326 g/mol. The molecule has 0 heterocycles. The van der Waals surface area contributed by atoms with Crippen LogP contribution >= 0.6 is 0 Å². The molecule has 0 radical (unpaired) electrons. The molecule has 4 nitrogen and oxygen atoms in total. The van der Waals surface area contributed by atoms with Gasteiger partial charge in [-0.25, -0.2) is 4.79 Å². The number of hydrogen-bond donors (Lipinski definition) is 3. The average Bonchev–Trinajstić information content (AvgIpc) is 2.59. The molecule has 2 amide bonds. The molecule has 2 aromatic rings. The first-order chi connectivity index (χ1) is 11.6. The highest BCUT2D eigenvalue weighted by Crippen LogP contribution is 2.23. The number of benzene rings is 2. The summed E-state index contributed by atoms with van der Waals surface area (Å²) >= 11 is 0. The van der Waals surface area contributed by atoms with Crippen molar-refractivity contribution in [2.24, 2.45) is 5.92 Å². The van der Waals surface area contributed by atoms with E-state index in [2.05, 4.69) is 41.0 Å². The van der Waals surface area contributed by atoms with Crippen molar-refractivity contribution < 1.29 is 9.90 Å². The maximum atomic E-state index is 12.1. The van der Waals surface area contributed by atoms with E-state index in [0.717, 1.165) is 31.2 Å². The number of hydrogen-bond acceptors (Lipinski definition) is 2. The minimum Gasteiger partial charge on any atom is -0.393 e. The Hall–Kier alpha value is -2.07. The Labute approximate surface area is 143 Å². The van der Waals surface area contributed by atoms with Gasteiger partial charge in [-0.3, -0.25) is 0 Å². The minimum atomic E-state index is -0.204. The van der Waals surface area contributed by atoms with Crippen molar-refractivity contribution in [3.8, 4) is 0 Å². The smallest absolute Gasteiger partial charge is 0.315 e. The highest BCUT2D eigenvalue weighted by Gasteiger charge is 2.20. The fourth-order valence-corrected chi connectivity index (χ4v) is 3.49. The van der Waals surface area contributed by atoms with Gasteiger partial charge in [-0.1, -0.05) is 42.8 Å². The molecule has 0 aliphatic heterocycles. The molecule has 4 heteroatoms. The molecular weight excluding hydrogens is 300 g/mol. The van der Waals surface area contributed by atoms with E-state index in [-0.39, 0.29) is 18.2 Å². The zero-order chi connectivity index (χ0) is 16.9. The molecule has 1 aliphatic carbocycles. The van der Waals surface area contributed by atoms with Crippen molar-refractivity contribution in [3.63, 3.8) is 0 Å². The maximum Gasteiger partial charge on any atom is 0.315 e. The number of fused-ring (bicyclic) bond motifs is 1. The summed E-state index contributed by atoms with van der Waals surface area (Å²) in [4.78, 5) is 12.1. The van der Waals surface area contributed by atoms with Crippen molar-refractivity contribution in [2.75, 3.05) is 6.54 Å². The topological polar surface area (TPSA) is 61.4 Å². The van der Waals surface area contributed by atoms with Crippen LogP contribution in [-0.2, 0) is 0 Å². The molecule has 0 saturated heterocycles. The van der Waals surface area contributed by atoms with Gasteiger partial charge in [-0.05, 0) is 54.5 Å². The van der Waals surface area contributed by atoms with Gasteiger partial charge in [0, 0.05) is 6.54 Å². The van der Waals surface area contributed by atoms with Gasteiger partial charge in [-0.2, -0.15) is 0 Å². The van der Waals surface area contributed by atoms with Crippen molar-refractivity contribution in [2.45, 2.75) is 44.8 Å². The molecule has 0 spiro atoms. The highest BCUT2D eigenvalue weighted by molar-refractivity contribution is 5.83. The van der Waals surface area contributed by atoms with Crippen LogP contribution in [0.4, 0.5) is 4.79 Å². The van der Waals surface area contributed by atoms with Gasteiger partial charge in [0.1, 0.15) is 0 Å². The van der Waals surface area contributed by atoms with Gasteiger partial charge in [0.2, 0.25) is 0 Å². The summed E-state index contributed by atoms with van der Waals surface area (Å²) in [5, 5.41) is 18.0. The van der Waals surface area contributed by atoms with Crippen molar-refractivity contribution in [1.29, 1.82) is 0 Å². The van der Waals surface area contributed by atoms with Crippen LogP contribution in [0.1, 0.15) is 44.2 Å². The van der Waals surface area contributed by atoms with E-state index in [1.54, 1.807) is 0 Å². The van der Waals surface area contributed by atoms with E-state index in [0.29, 0.717) is 12.5 Å². The fraction of sp³-hybridized carbons (Fsp3) is 0.450. The number of aliphatic hydroxyl groups excluding tert-OH is 1. The maximum absolute atomic E-state index is 12.1. The van der Waals surface area contributed by atoms with Gasteiger partial charge in [0.15, 0.2) is 0 Å². The second-order valence-electron chi connectivity index (χ2n) is 6.87. The number of nitrogens with one attached hydrogen (secondary N) is 2. The molecule has 3 rings (SSSR count). The van der Waals surface area contributed by atoms with Crippen molar-refractivity contribution in [3.05, 3.63) is 48.0 Å². The van der Waals surface area contributed by atoms with E-state index in [9.17, 15) is 9.90 Å². The first-order valence-electron chi connectivity index (χ1n) is 8.83. The zero-order valence-electron chi connectivity index (χ0n) is 14.2. The van der Waals surface area contributed by atoms with Crippen LogP contribution in [0.3, 0.4) is 0 Å². The molecule has 3 atom stereocenters. The second-order valence-corrected chi connectivity index (χ2v) is 6.87. The van der Waals surface area contributed by atoms with Gasteiger partial charge >= 0.3 is 6.03 Å². The molecule has 128 valence electrons. The Balaban J connectivity index is 1.53. The van der Waals surface area contributed by atoms with Crippen LogP contribution in [0.25, 0.3) is 10.8 Å². The Bertz CT molecular complexity index is 701. The number of urea groups is 1. The Kier molecular flexibility index (Phi) is 5.36. The van der Waals surface area contributed by atoms with Crippen LogP contribution in [0.5, 0.6) is 0 Å². The number of amides is 2. The second kappa shape index (κ2) is 7.67. The SMILES string of the molecule is CC(NC(=O)NCC1CCCC(O)C1)c1ccc2ccccc2c1. The third-order valence-electron chi connectivity index (χ3n) is 4.93. The van der Waals surface area contributed by atoms with Crippen LogP contribution in [-0.4, -0.2) is 23.8 Å². The number of rotatable bonds is 4. The molecule has 0 bridgehead atoms.